The van der Waals surface area contributed by atoms with E-state index < -0.39 is 17.9 Å². The van der Waals surface area contributed by atoms with E-state index in [0.717, 1.165) is 0 Å². The lowest BCUT2D eigenvalue weighted by Gasteiger charge is -2.15. The minimum absolute atomic E-state index is 0.00405. The van der Waals surface area contributed by atoms with E-state index in [1.807, 2.05) is 20.8 Å². The third kappa shape index (κ3) is 6.62. The summed E-state index contributed by atoms with van der Waals surface area (Å²) in [5, 5.41) is 14.3. The first-order valence-electron chi connectivity index (χ1n) is 8.42. The third-order valence-electron chi connectivity index (χ3n) is 3.42. The van der Waals surface area contributed by atoms with Crippen molar-refractivity contribution < 1.29 is 29.0 Å². The Morgan fingerprint density at radius 1 is 1.15 bits per heavy atom. The fraction of sp³-hybridized carbons (Fsp3) is 0.500. The summed E-state index contributed by atoms with van der Waals surface area (Å²) in [6.45, 7) is 5.34. The molecule has 0 aliphatic rings. The van der Waals surface area contributed by atoms with Gasteiger partial charge in [0.25, 0.3) is 11.8 Å². The quantitative estimate of drug-likeness (QED) is 0.579. The molecular formula is C18H26N2O6. The van der Waals surface area contributed by atoms with Crippen LogP contribution in [-0.4, -0.2) is 48.7 Å². The van der Waals surface area contributed by atoms with E-state index in [4.69, 9.17) is 14.6 Å². The molecule has 0 aliphatic carbocycles. The second-order valence-corrected chi connectivity index (χ2v) is 6.03. The maximum Gasteiger partial charge on any atom is 0.326 e. The van der Waals surface area contributed by atoms with Crippen molar-refractivity contribution in [2.45, 2.75) is 45.7 Å². The van der Waals surface area contributed by atoms with Gasteiger partial charge in [0.2, 0.25) is 0 Å². The number of carboxylic acid groups (broad SMARTS) is 1. The molecular weight excluding hydrogens is 340 g/mol. The van der Waals surface area contributed by atoms with E-state index in [-0.39, 0.29) is 29.9 Å². The largest absolute Gasteiger partial charge is 0.493 e. The molecule has 8 heteroatoms. The number of hydrogen-bond donors (Lipinski definition) is 3. The van der Waals surface area contributed by atoms with Crippen LogP contribution in [-0.2, 0) is 9.59 Å². The molecule has 2 amide bonds. The van der Waals surface area contributed by atoms with Crippen LogP contribution in [0.15, 0.2) is 18.2 Å². The molecule has 0 saturated carbocycles. The Labute approximate surface area is 152 Å². The molecule has 0 spiro atoms. The lowest BCUT2D eigenvalue weighted by molar-refractivity contribution is -0.139. The molecule has 1 aromatic rings. The molecule has 0 fully saturated rings. The Hall–Kier alpha value is -2.77. The van der Waals surface area contributed by atoms with Gasteiger partial charge in [-0.05, 0) is 38.5 Å². The van der Waals surface area contributed by atoms with Crippen molar-refractivity contribution in [1.29, 1.82) is 0 Å². The highest BCUT2D eigenvalue weighted by Crippen LogP contribution is 2.28. The van der Waals surface area contributed by atoms with Crippen LogP contribution in [0.1, 0.15) is 44.0 Å². The lowest BCUT2D eigenvalue weighted by atomic mass is 10.1. The molecule has 8 nitrogen and oxygen atoms in total. The van der Waals surface area contributed by atoms with Gasteiger partial charge in [0.05, 0.1) is 7.11 Å². The summed E-state index contributed by atoms with van der Waals surface area (Å²) in [6.07, 6.45) is 0.968. The lowest BCUT2D eigenvalue weighted by Crippen LogP contribution is -2.40. The van der Waals surface area contributed by atoms with Crippen LogP contribution in [0.3, 0.4) is 0 Å². The molecule has 3 N–H and O–H groups in total. The van der Waals surface area contributed by atoms with Crippen LogP contribution in [0, 0.1) is 0 Å². The van der Waals surface area contributed by atoms with E-state index in [2.05, 4.69) is 10.6 Å². The van der Waals surface area contributed by atoms with Crippen molar-refractivity contribution in [1.82, 2.24) is 10.6 Å². The maximum absolute atomic E-state index is 12.3. The van der Waals surface area contributed by atoms with Gasteiger partial charge in [-0.3, -0.25) is 9.59 Å². The number of rotatable bonds is 10. The van der Waals surface area contributed by atoms with Gasteiger partial charge in [0, 0.05) is 11.6 Å². The number of amides is 2. The number of carboxylic acids is 1. The summed E-state index contributed by atoms with van der Waals surface area (Å²) in [7, 11) is 1.41. The summed E-state index contributed by atoms with van der Waals surface area (Å²) in [6, 6.07) is 3.49. The highest BCUT2D eigenvalue weighted by Gasteiger charge is 2.20. The fourth-order valence-corrected chi connectivity index (χ4v) is 2.22. The van der Waals surface area contributed by atoms with Gasteiger partial charge >= 0.3 is 5.97 Å². The molecule has 0 radical (unpaired) electrons. The molecule has 26 heavy (non-hydrogen) atoms. The van der Waals surface area contributed by atoms with E-state index >= 15 is 0 Å². The minimum atomic E-state index is -1.08. The van der Waals surface area contributed by atoms with Gasteiger partial charge < -0.3 is 25.2 Å². The van der Waals surface area contributed by atoms with E-state index in [1.54, 1.807) is 0 Å². The number of carbonyl (C=O) groups is 3. The van der Waals surface area contributed by atoms with Crippen LogP contribution in [0.5, 0.6) is 11.5 Å². The SMILES string of the molecule is CCCC(NC(=O)c1ccc(OCC(=O)NC(C)C)c(OC)c1)C(=O)O. The number of carbonyl (C=O) groups excluding carboxylic acids is 2. The third-order valence-corrected chi connectivity index (χ3v) is 3.42. The van der Waals surface area contributed by atoms with Crippen LogP contribution < -0.4 is 20.1 Å². The van der Waals surface area contributed by atoms with Crippen molar-refractivity contribution in [3.8, 4) is 11.5 Å². The summed E-state index contributed by atoms with van der Waals surface area (Å²) < 4.78 is 10.6. The minimum Gasteiger partial charge on any atom is -0.493 e. The Morgan fingerprint density at radius 3 is 2.38 bits per heavy atom. The van der Waals surface area contributed by atoms with Gasteiger partial charge in [-0.15, -0.1) is 0 Å². The molecule has 1 unspecified atom stereocenters. The van der Waals surface area contributed by atoms with Gasteiger partial charge in [-0.2, -0.15) is 0 Å². The Balaban J connectivity index is 2.82. The predicted octanol–water partition coefficient (Wildman–Crippen LogP) is 1.58. The normalized spacial score (nSPS) is 11.6. The van der Waals surface area contributed by atoms with Crippen LogP contribution >= 0.6 is 0 Å². The molecule has 1 atom stereocenters. The van der Waals surface area contributed by atoms with Gasteiger partial charge in [0.1, 0.15) is 6.04 Å². The number of hydrogen-bond acceptors (Lipinski definition) is 5. The van der Waals surface area contributed by atoms with Crippen molar-refractivity contribution in [3.05, 3.63) is 23.8 Å². The Kier molecular flexibility index (Phi) is 8.41. The molecule has 1 rings (SSSR count). The number of ether oxygens (including phenoxy) is 2. The molecule has 1 aromatic carbocycles. The summed E-state index contributed by atoms with van der Waals surface area (Å²) in [5.74, 6) is -1.28. The average Bonchev–Trinajstić information content (AvgIpc) is 2.58. The summed E-state index contributed by atoms with van der Waals surface area (Å²) in [4.78, 5) is 35.1. The summed E-state index contributed by atoms with van der Waals surface area (Å²) in [5.41, 5.74) is 0.239. The first-order chi connectivity index (χ1) is 12.3. The van der Waals surface area contributed by atoms with Crippen LogP contribution in [0.2, 0.25) is 0 Å². The monoisotopic (exact) mass is 366 g/mol. The maximum atomic E-state index is 12.3. The van der Waals surface area contributed by atoms with E-state index in [0.29, 0.717) is 18.6 Å². The molecule has 0 saturated heterocycles. The highest BCUT2D eigenvalue weighted by molar-refractivity contribution is 5.97. The number of methoxy groups -OCH3 is 1. The summed E-state index contributed by atoms with van der Waals surface area (Å²) >= 11 is 0. The number of aliphatic carboxylic acids is 1. The molecule has 0 heterocycles. The highest BCUT2D eigenvalue weighted by atomic mass is 16.5. The van der Waals surface area contributed by atoms with Gasteiger partial charge in [0.15, 0.2) is 18.1 Å². The molecule has 144 valence electrons. The first kappa shape index (κ1) is 21.3. The van der Waals surface area contributed by atoms with Crippen molar-refractivity contribution >= 4 is 17.8 Å². The second kappa shape index (κ2) is 10.3. The Morgan fingerprint density at radius 2 is 1.85 bits per heavy atom. The number of benzene rings is 1. The second-order valence-electron chi connectivity index (χ2n) is 6.03. The van der Waals surface area contributed by atoms with Gasteiger partial charge in [-0.1, -0.05) is 13.3 Å². The van der Waals surface area contributed by atoms with E-state index in [9.17, 15) is 14.4 Å². The zero-order valence-electron chi connectivity index (χ0n) is 15.5. The topological polar surface area (TPSA) is 114 Å². The van der Waals surface area contributed by atoms with Crippen molar-refractivity contribution in [2.24, 2.45) is 0 Å². The molecule has 0 aromatic heterocycles. The van der Waals surface area contributed by atoms with Crippen molar-refractivity contribution in [2.75, 3.05) is 13.7 Å². The molecule has 0 aliphatic heterocycles. The van der Waals surface area contributed by atoms with E-state index in [1.165, 1.54) is 25.3 Å². The average molecular weight is 366 g/mol. The zero-order valence-corrected chi connectivity index (χ0v) is 15.5. The Bertz CT molecular complexity index is 645. The van der Waals surface area contributed by atoms with Gasteiger partial charge in [-0.25, -0.2) is 4.79 Å². The number of nitrogens with one attached hydrogen (secondary N) is 2. The molecule has 0 bridgehead atoms. The van der Waals surface area contributed by atoms with Crippen LogP contribution in [0.4, 0.5) is 0 Å². The standard InChI is InChI=1S/C18H26N2O6/c1-5-6-13(18(23)24)20-17(22)12-7-8-14(15(9-12)25-4)26-10-16(21)19-11(2)3/h7-9,11,13H,5-6,10H2,1-4H3,(H,19,21)(H,20,22)(H,23,24). The fourth-order valence-electron chi connectivity index (χ4n) is 2.22. The first-order valence-corrected chi connectivity index (χ1v) is 8.42. The predicted molar refractivity (Wildman–Crippen MR) is 95.6 cm³/mol. The zero-order chi connectivity index (χ0) is 19.7. The smallest absolute Gasteiger partial charge is 0.326 e. The van der Waals surface area contributed by atoms with Crippen molar-refractivity contribution in [3.63, 3.8) is 0 Å². The van der Waals surface area contributed by atoms with Crippen LogP contribution in [0.25, 0.3) is 0 Å².